The molecule has 1 aliphatic rings. The molecular weight excluding hydrogens is 266 g/mol. The minimum Gasteiger partial charge on any atom is -0.495 e. The topological polar surface area (TPSA) is 38.8 Å². The quantitative estimate of drug-likeness (QED) is 0.798. The van der Waals surface area contributed by atoms with Crippen molar-refractivity contribution < 1.29 is 14.3 Å². The number of rotatable bonds is 3. The Morgan fingerprint density at radius 2 is 2.16 bits per heavy atom. The monoisotopic (exact) mass is 281 g/mol. The van der Waals surface area contributed by atoms with Crippen molar-refractivity contribution in [1.29, 1.82) is 0 Å². The molecule has 102 valence electrons. The number of ether oxygens (including phenoxy) is 2. The fraction of sp³-hybridized carbons (Fsp3) is 0.357. The van der Waals surface area contributed by atoms with E-state index in [0.717, 1.165) is 5.56 Å². The summed E-state index contributed by atoms with van der Waals surface area (Å²) >= 11 is 6.16. The Morgan fingerprint density at radius 1 is 1.42 bits per heavy atom. The minimum atomic E-state index is -0.0258. The number of hydrogen-bond acceptors (Lipinski definition) is 3. The summed E-state index contributed by atoms with van der Waals surface area (Å²) in [5, 5.41) is 0.510. The number of methoxy groups -OCH3 is 1. The molecule has 4 nitrogen and oxygen atoms in total. The maximum Gasteiger partial charge on any atom is 0.246 e. The Morgan fingerprint density at radius 3 is 2.84 bits per heavy atom. The molecule has 0 unspecified atom stereocenters. The first-order valence-electron chi connectivity index (χ1n) is 6.09. The molecule has 1 heterocycles. The predicted octanol–water partition coefficient (Wildman–Crippen LogP) is 2.22. The van der Waals surface area contributed by atoms with E-state index in [2.05, 4.69) is 0 Å². The molecule has 2 rings (SSSR count). The molecule has 5 heteroatoms. The molecule has 0 N–H and O–H groups in total. The van der Waals surface area contributed by atoms with Crippen LogP contribution in [0.4, 0.5) is 0 Å². The highest BCUT2D eigenvalue weighted by Gasteiger charge is 2.14. The zero-order valence-electron chi connectivity index (χ0n) is 10.8. The molecule has 1 aromatic rings. The Labute approximate surface area is 117 Å². The average Bonchev–Trinajstić information content (AvgIpc) is 2.47. The van der Waals surface area contributed by atoms with Gasteiger partial charge in [-0.3, -0.25) is 4.79 Å². The molecule has 0 spiro atoms. The normalized spacial score (nSPS) is 15.8. The molecule has 1 fully saturated rings. The van der Waals surface area contributed by atoms with Crippen LogP contribution in [0.15, 0.2) is 24.3 Å². The molecule has 0 aromatic heterocycles. The van der Waals surface area contributed by atoms with Crippen molar-refractivity contribution in [2.24, 2.45) is 0 Å². The fourth-order valence-corrected chi connectivity index (χ4v) is 2.13. The Hall–Kier alpha value is -1.52. The second-order valence-electron chi connectivity index (χ2n) is 4.13. The van der Waals surface area contributed by atoms with Crippen LogP contribution in [0.1, 0.15) is 5.56 Å². The lowest BCUT2D eigenvalue weighted by Crippen LogP contribution is -2.39. The fourth-order valence-electron chi connectivity index (χ4n) is 1.86. The lowest BCUT2D eigenvalue weighted by Gasteiger charge is -2.25. The van der Waals surface area contributed by atoms with E-state index in [1.165, 1.54) is 6.08 Å². The van der Waals surface area contributed by atoms with E-state index in [4.69, 9.17) is 21.1 Å². The Kier molecular flexibility index (Phi) is 4.82. The first-order chi connectivity index (χ1) is 9.22. The van der Waals surface area contributed by atoms with E-state index in [1.54, 1.807) is 24.2 Å². The molecule has 19 heavy (non-hydrogen) atoms. The molecule has 1 aliphatic heterocycles. The highest BCUT2D eigenvalue weighted by molar-refractivity contribution is 6.33. The highest BCUT2D eigenvalue weighted by atomic mass is 35.5. The summed E-state index contributed by atoms with van der Waals surface area (Å²) in [7, 11) is 1.56. The van der Waals surface area contributed by atoms with Gasteiger partial charge in [-0.2, -0.15) is 0 Å². The van der Waals surface area contributed by atoms with Gasteiger partial charge in [0.2, 0.25) is 5.91 Å². The van der Waals surface area contributed by atoms with Crippen molar-refractivity contribution in [3.05, 3.63) is 34.9 Å². The molecule has 1 amide bonds. The Balaban J connectivity index is 2.07. The van der Waals surface area contributed by atoms with E-state index in [1.807, 2.05) is 12.1 Å². The summed E-state index contributed by atoms with van der Waals surface area (Å²) in [6.45, 7) is 2.46. The highest BCUT2D eigenvalue weighted by Crippen LogP contribution is 2.28. The first-order valence-corrected chi connectivity index (χ1v) is 6.47. The molecule has 0 bridgehead atoms. The van der Waals surface area contributed by atoms with E-state index >= 15 is 0 Å². The van der Waals surface area contributed by atoms with Gasteiger partial charge in [-0.1, -0.05) is 23.7 Å². The zero-order valence-corrected chi connectivity index (χ0v) is 11.5. The van der Waals surface area contributed by atoms with Crippen LogP contribution in [0.25, 0.3) is 6.08 Å². The van der Waals surface area contributed by atoms with E-state index in [0.29, 0.717) is 37.1 Å². The average molecular weight is 282 g/mol. The van der Waals surface area contributed by atoms with Gasteiger partial charge in [0, 0.05) is 19.2 Å². The van der Waals surface area contributed by atoms with Crippen molar-refractivity contribution >= 4 is 23.6 Å². The molecule has 1 aromatic carbocycles. The number of halogens is 1. The molecule has 1 saturated heterocycles. The summed E-state index contributed by atoms with van der Waals surface area (Å²) in [5.41, 5.74) is 0.766. The minimum absolute atomic E-state index is 0.0258. The number of nitrogens with zero attached hydrogens (tertiary/aromatic N) is 1. The smallest absolute Gasteiger partial charge is 0.246 e. The van der Waals surface area contributed by atoms with Crippen LogP contribution in [0.2, 0.25) is 5.02 Å². The Bertz CT molecular complexity index is 482. The number of amides is 1. The van der Waals surface area contributed by atoms with Gasteiger partial charge in [0.1, 0.15) is 5.75 Å². The van der Waals surface area contributed by atoms with Crippen LogP contribution in [0.3, 0.4) is 0 Å². The molecular formula is C14H16ClNO3. The third-order valence-electron chi connectivity index (χ3n) is 2.94. The SMILES string of the molecule is COc1cccc(/C=C/C(=O)N2CCOCC2)c1Cl. The molecule has 0 radical (unpaired) electrons. The van der Waals surface area contributed by atoms with Gasteiger partial charge in [0.15, 0.2) is 0 Å². The second kappa shape index (κ2) is 6.59. The van der Waals surface area contributed by atoms with E-state index in [9.17, 15) is 4.79 Å². The summed E-state index contributed by atoms with van der Waals surface area (Å²) in [4.78, 5) is 13.7. The third kappa shape index (κ3) is 3.49. The predicted molar refractivity (Wildman–Crippen MR) is 74.4 cm³/mol. The number of hydrogen-bond donors (Lipinski definition) is 0. The van der Waals surface area contributed by atoms with Gasteiger partial charge in [-0.15, -0.1) is 0 Å². The number of benzene rings is 1. The first kappa shape index (κ1) is 13.9. The van der Waals surface area contributed by atoms with Crippen molar-refractivity contribution in [3.8, 4) is 5.75 Å². The maximum absolute atomic E-state index is 11.9. The van der Waals surface area contributed by atoms with E-state index in [-0.39, 0.29) is 5.91 Å². The van der Waals surface area contributed by atoms with Crippen LogP contribution in [0, 0.1) is 0 Å². The largest absolute Gasteiger partial charge is 0.495 e. The standard InChI is InChI=1S/C14H16ClNO3/c1-18-12-4-2-3-11(14(12)15)5-6-13(17)16-7-9-19-10-8-16/h2-6H,7-10H2,1H3/b6-5+. The van der Waals surface area contributed by atoms with Crippen molar-refractivity contribution in [2.75, 3.05) is 33.4 Å². The van der Waals surface area contributed by atoms with E-state index < -0.39 is 0 Å². The third-order valence-corrected chi connectivity index (χ3v) is 3.35. The van der Waals surface area contributed by atoms with Gasteiger partial charge in [0.05, 0.1) is 25.3 Å². The van der Waals surface area contributed by atoms with Gasteiger partial charge < -0.3 is 14.4 Å². The summed E-state index contributed by atoms with van der Waals surface area (Å²) in [5.74, 6) is 0.574. The van der Waals surface area contributed by atoms with Crippen LogP contribution >= 0.6 is 11.6 Å². The molecule has 0 atom stereocenters. The van der Waals surface area contributed by atoms with Crippen molar-refractivity contribution in [3.63, 3.8) is 0 Å². The number of morpholine rings is 1. The van der Waals surface area contributed by atoms with Crippen LogP contribution in [-0.4, -0.2) is 44.2 Å². The number of carbonyl (C=O) groups excluding carboxylic acids is 1. The lowest BCUT2D eigenvalue weighted by atomic mass is 10.2. The van der Waals surface area contributed by atoms with Crippen LogP contribution < -0.4 is 4.74 Å². The summed E-state index contributed by atoms with van der Waals surface area (Å²) in [6, 6.07) is 5.46. The number of carbonyl (C=O) groups is 1. The van der Waals surface area contributed by atoms with Crippen molar-refractivity contribution in [1.82, 2.24) is 4.90 Å². The maximum atomic E-state index is 11.9. The zero-order chi connectivity index (χ0) is 13.7. The second-order valence-corrected chi connectivity index (χ2v) is 4.51. The van der Waals surface area contributed by atoms with Gasteiger partial charge in [-0.05, 0) is 17.7 Å². The summed E-state index contributed by atoms with van der Waals surface area (Å²) in [6.07, 6.45) is 3.24. The van der Waals surface area contributed by atoms with Crippen molar-refractivity contribution in [2.45, 2.75) is 0 Å². The summed E-state index contributed by atoms with van der Waals surface area (Å²) < 4.78 is 10.3. The molecule has 0 aliphatic carbocycles. The van der Waals surface area contributed by atoms with Gasteiger partial charge in [-0.25, -0.2) is 0 Å². The van der Waals surface area contributed by atoms with Gasteiger partial charge >= 0.3 is 0 Å². The van der Waals surface area contributed by atoms with Gasteiger partial charge in [0.25, 0.3) is 0 Å². The van der Waals surface area contributed by atoms with Crippen LogP contribution in [-0.2, 0) is 9.53 Å². The molecule has 0 saturated carbocycles. The van der Waals surface area contributed by atoms with Crippen LogP contribution in [0.5, 0.6) is 5.75 Å². The lowest BCUT2D eigenvalue weighted by molar-refractivity contribution is -0.129.